The molecule has 3 atom stereocenters. The van der Waals surface area contributed by atoms with Gasteiger partial charge < -0.3 is 10.2 Å². The molecule has 5 nitrogen and oxygen atoms in total. The van der Waals surface area contributed by atoms with E-state index in [2.05, 4.69) is 28.1 Å². The molecule has 0 radical (unpaired) electrons. The van der Waals surface area contributed by atoms with Gasteiger partial charge >= 0.3 is 0 Å². The smallest absolute Gasteiger partial charge is 0.225 e. The Bertz CT molecular complexity index is 582. The van der Waals surface area contributed by atoms with Crippen LogP contribution >= 0.6 is 11.6 Å². The fraction of sp³-hybridized carbons (Fsp3) is 0.632. The zero-order chi connectivity index (χ0) is 17.6. The number of hydrazine groups is 1. The standard InChI is InChI=1S/C19H29ClN4O/c1-24(12-11-19(25)21-17-10-6-5-8-15(17)20)13-18-14-7-3-2-4-9-16(14)22-23-18/h5-6,8,10,14,16,18,22-23H,2-4,7,9,11-13H2,1H3,(H,21,25). The van der Waals surface area contributed by atoms with Crippen LogP contribution in [-0.4, -0.2) is 43.0 Å². The summed E-state index contributed by atoms with van der Waals surface area (Å²) in [6.07, 6.45) is 7.08. The Morgan fingerprint density at radius 2 is 2.04 bits per heavy atom. The van der Waals surface area contributed by atoms with Crippen LogP contribution in [0.2, 0.25) is 5.02 Å². The van der Waals surface area contributed by atoms with Crippen LogP contribution in [0.5, 0.6) is 0 Å². The lowest BCUT2D eigenvalue weighted by atomic mass is 9.90. The summed E-state index contributed by atoms with van der Waals surface area (Å²) in [4.78, 5) is 14.4. The Hall–Kier alpha value is -1.14. The normalized spacial score (nSPS) is 26.3. The van der Waals surface area contributed by atoms with Gasteiger partial charge in [-0.05, 0) is 37.9 Å². The molecule has 1 heterocycles. The molecule has 3 rings (SSSR count). The van der Waals surface area contributed by atoms with Gasteiger partial charge in [0.05, 0.1) is 10.7 Å². The number of para-hydroxylation sites is 1. The van der Waals surface area contributed by atoms with Gasteiger partial charge in [0.15, 0.2) is 0 Å². The minimum atomic E-state index is 0.00444. The fourth-order valence-corrected chi connectivity index (χ4v) is 4.18. The molecule has 1 aliphatic carbocycles. The summed E-state index contributed by atoms with van der Waals surface area (Å²) in [6.45, 7) is 1.71. The average Bonchev–Trinajstić information content (AvgIpc) is 2.82. The number of rotatable bonds is 6. The number of hydrogen-bond acceptors (Lipinski definition) is 4. The molecular weight excluding hydrogens is 336 g/mol. The van der Waals surface area contributed by atoms with Crippen molar-refractivity contribution in [2.45, 2.75) is 50.6 Å². The van der Waals surface area contributed by atoms with Crippen molar-refractivity contribution in [2.24, 2.45) is 5.92 Å². The van der Waals surface area contributed by atoms with E-state index in [1.54, 1.807) is 6.07 Å². The number of carbonyl (C=O) groups is 1. The molecule has 25 heavy (non-hydrogen) atoms. The van der Waals surface area contributed by atoms with Crippen LogP contribution in [0.1, 0.15) is 38.5 Å². The molecule has 1 aromatic rings. The number of hydrogen-bond donors (Lipinski definition) is 3. The summed E-state index contributed by atoms with van der Waals surface area (Å²) in [5.74, 6) is 0.715. The fourth-order valence-electron chi connectivity index (χ4n) is 3.99. The maximum atomic E-state index is 12.2. The molecule has 2 aliphatic rings. The number of benzene rings is 1. The molecule has 2 fully saturated rings. The highest BCUT2D eigenvalue weighted by molar-refractivity contribution is 6.33. The largest absolute Gasteiger partial charge is 0.325 e. The highest BCUT2D eigenvalue weighted by Crippen LogP contribution is 2.29. The first-order valence-electron chi connectivity index (χ1n) is 9.37. The lowest BCUT2D eigenvalue weighted by Crippen LogP contribution is -2.42. The first kappa shape index (κ1) is 18.6. The zero-order valence-corrected chi connectivity index (χ0v) is 15.7. The van der Waals surface area contributed by atoms with Crippen molar-refractivity contribution in [1.29, 1.82) is 0 Å². The van der Waals surface area contributed by atoms with Gasteiger partial charge in [0.2, 0.25) is 5.91 Å². The predicted octanol–water partition coefficient (Wildman–Crippen LogP) is 3.03. The van der Waals surface area contributed by atoms with Crippen LogP contribution in [0.3, 0.4) is 0 Å². The summed E-state index contributed by atoms with van der Waals surface area (Å²) < 4.78 is 0. The molecular formula is C19H29ClN4O. The molecule has 6 heteroatoms. The lowest BCUT2D eigenvalue weighted by Gasteiger charge is -2.25. The van der Waals surface area contributed by atoms with Crippen molar-refractivity contribution in [2.75, 3.05) is 25.5 Å². The number of halogens is 1. The van der Waals surface area contributed by atoms with E-state index in [4.69, 9.17) is 11.6 Å². The first-order valence-corrected chi connectivity index (χ1v) is 9.75. The quantitative estimate of drug-likeness (QED) is 0.726. The Morgan fingerprint density at radius 3 is 2.88 bits per heavy atom. The minimum absolute atomic E-state index is 0.00444. The topological polar surface area (TPSA) is 56.4 Å². The Kier molecular flexibility index (Phi) is 6.70. The third-order valence-electron chi connectivity index (χ3n) is 5.42. The predicted molar refractivity (Wildman–Crippen MR) is 103 cm³/mol. The van der Waals surface area contributed by atoms with E-state index in [0.29, 0.717) is 35.1 Å². The van der Waals surface area contributed by atoms with E-state index in [0.717, 1.165) is 13.1 Å². The summed E-state index contributed by atoms with van der Waals surface area (Å²) in [7, 11) is 2.09. The summed E-state index contributed by atoms with van der Waals surface area (Å²) in [6, 6.07) is 8.42. The van der Waals surface area contributed by atoms with Gasteiger partial charge in [0.1, 0.15) is 0 Å². The molecule has 3 unspecified atom stereocenters. The van der Waals surface area contributed by atoms with Gasteiger partial charge in [-0.15, -0.1) is 0 Å². The van der Waals surface area contributed by atoms with Crippen molar-refractivity contribution in [3.63, 3.8) is 0 Å². The van der Waals surface area contributed by atoms with E-state index in [9.17, 15) is 4.79 Å². The molecule has 0 bridgehead atoms. The Balaban J connectivity index is 1.42. The Labute approximate surface area is 155 Å². The van der Waals surface area contributed by atoms with Crippen LogP contribution in [0.25, 0.3) is 0 Å². The van der Waals surface area contributed by atoms with E-state index in [1.165, 1.54) is 32.1 Å². The highest BCUT2D eigenvalue weighted by Gasteiger charge is 2.36. The summed E-state index contributed by atoms with van der Waals surface area (Å²) >= 11 is 6.08. The second-order valence-corrected chi connectivity index (χ2v) is 7.75. The number of carbonyl (C=O) groups excluding carboxylic acids is 1. The molecule has 1 amide bonds. The van der Waals surface area contributed by atoms with Crippen molar-refractivity contribution in [3.05, 3.63) is 29.3 Å². The molecule has 1 saturated carbocycles. The second-order valence-electron chi connectivity index (χ2n) is 7.34. The Morgan fingerprint density at radius 1 is 1.24 bits per heavy atom. The third-order valence-corrected chi connectivity index (χ3v) is 5.75. The molecule has 3 N–H and O–H groups in total. The van der Waals surface area contributed by atoms with Gasteiger partial charge in [-0.3, -0.25) is 15.6 Å². The van der Waals surface area contributed by atoms with Gasteiger partial charge in [-0.2, -0.15) is 0 Å². The van der Waals surface area contributed by atoms with Crippen molar-refractivity contribution in [3.8, 4) is 0 Å². The molecule has 1 aromatic carbocycles. The van der Waals surface area contributed by atoms with Gasteiger partial charge in [0, 0.05) is 31.6 Å². The third kappa shape index (κ3) is 5.17. The van der Waals surface area contributed by atoms with Crippen LogP contribution in [0.4, 0.5) is 5.69 Å². The summed E-state index contributed by atoms with van der Waals surface area (Å²) in [5, 5.41) is 3.46. The monoisotopic (exact) mass is 364 g/mol. The van der Waals surface area contributed by atoms with Crippen molar-refractivity contribution in [1.82, 2.24) is 15.8 Å². The number of nitrogens with zero attached hydrogens (tertiary/aromatic N) is 1. The highest BCUT2D eigenvalue weighted by atomic mass is 35.5. The van der Waals surface area contributed by atoms with Crippen molar-refractivity contribution < 1.29 is 4.79 Å². The molecule has 1 aliphatic heterocycles. The molecule has 138 valence electrons. The van der Waals surface area contributed by atoms with E-state index in [-0.39, 0.29) is 5.91 Å². The first-order chi connectivity index (χ1) is 12.1. The second kappa shape index (κ2) is 8.99. The summed E-state index contributed by atoms with van der Waals surface area (Å²) in [5.41, 5.74) is 7.65. The minimum Gasteiger partial charge on any atom is -0.325 e. The maximum absolute atomic E-state index is 12.2. The maximum Gasteiger partial charge on any atom is 0.225 e. The number of amides is 1. The van der Waals surface area contributed by atoms with E-state index in [1.807, 2.05) is 18.2 Å². The average molecular weight is 365 g/mol. The van der Waals surface area contributed by atoms with Gasteiger partial charge in [0.25, 0.3) is 0 Å². The van der Waals surface area contributed by atoms with Gasteiger partial charge in [-0.25, -0.2) is 0 Å². The molecule has 0 spiro atoms. The number of fused-ring (bicyclic) bond motifs is 1. The SMILES string of the molecule is CN(CCC(=O)Nc1ccccc1Cl)CC1NNC2CCCCCC21. The lowest BCUT2D eigenvalue weighted by molar-refractivity contribution is -0.116. The van der Waals surface area contributed by atoms with Crippen LogP contribution in [0.15, 0.2) is 24.3 Å². The molecule has 1 saturated heterocycles. The zero-order valence-electron chi connectivity index (χ0n) is 14.9. The van der Waals surface area contributed by atoms with Gasteiger partial charge in [-0.1, -0.05) is 43.0 Å². The number of nitrogens with one attached hydrogen (secondary N) is 3. The van der Waals surface area contributed by atoms with E-state index < -0.39 is 0 Å². The number of anilines is 1. The van der Waals surface area contributed by atoms with Crippen LogP contribution in [-0.2, 0) is 4.79 Å². The molecule has 0 aromatic heterocycles. The van der Waals surface area contributed by atoms with Crippen molar-refractivity contribution >= 4 is 23.2 Å². The number of likely N-dealkylation sites (N-methyl/N-ethyl adjacent to an activating group) is 1. The van der Waals surface area contributed by atoms with Crippen LogP contribution < -0.4 is 16.2 Å². The van der Waals surface area contributed by atoms with Crippen LogP contribution in [0, 0.1) is 5.92 Å². The van der Waals surface area contributed by atoms with E-state index >= 15 is 0 Å².